The van der Waals surface area contributed by atoms with E-state index < -0.39 is 5.82 Å². The average Bonchev–Trinajstić information content (AvgIpc) is 2.70. The summed E-state index contributed by atoms with van der Waals surface area (Å²) in [6.07, 6.45) is 1.58. The summed E-state index contributed by atoms with van der Waals surface area (Å²) in [5.41, 5.74) is 1.78. The minimum absolute atomic E-state index is 0.349. The van der Waals surface area contributed by atoms with Crippen LogP contribution >= 0.6 is 0 Å². The van der Waals surface area contributed by atoms with E-state index in [-0.39, 0.29) is 5.91 Å². The van der Waals surface area contributed by atoms with Crippen molar-refractivity contribution < 1.29 is 18.7 Å². The molecule has 138 valence electrons. The fourth-order valence-corrected chi connectivity index (χ4v) is 2.40. The second kappa shape index (κ2) is 8.18. The molecule has 0 aliphatic heterocycles. The first-order valence-electron chi connectivity index (χ1n) is 8.11. The molecule has 6 nitrogen and oxygen atoms in total. The number of pyridine rings is 1. The number of ether oxygens (including phenoxy) is 2. The number of carbonyl (C=O) groups is 1. The van der Waals surface area contributed by atoms with E-state index in [0.717, 1.165) is 5.69 Å². The van der Waals surface area contributed by atoms with Gasteiger partial charge in [-0.05, 0) is 48.5 Å². The van der Waals surface area contributed by atoms with Crippen molar-refractivity contribution in [1.82, 2.24) is 4.98 Å². The number of rotatable bonds is 6. The smallest absolute Gasteiger partial charge is 0.256 e. The molecule has 3 rings (SSSR count). The first-order valence-corrected chi connectivity index (χ1v) is 8.11. The molecule has 0 bridgehead atoms. The number of aromatic nitrogens is 1. The lowest BCUT2D eigenvalue weighted by Crippen LogP contribution is -2.12. The predicted octanol–water partition coefficient (Wildman–Crippen LogP) is 4.23. The average molecular weight is 367 g/mol. The molecule has 7 heteroatoms. The zero-order valence-corrected chi connectivity index (χ0v) is 14.8. The Kier molecular flexibility index (Phi) is 5.51. The molecule has 0 aliphatic rings. The second-order valence-electron chi connectivity index (χ2n) is 5.58. The monoisotopic (exact) mass is 367 g/mol. The quantitative estimate of drug-likeness (QED) is 0.682. The van der Waals surface area contributed by atoms with Gasteiger partial charge in [0, 0.05) is 11.6 Å². The maximum absolute atomic E-state index is 12.9. The minimum atomic E-state index is -0.395. The molecule has 2 N–H and O–H groups in total. The lowest BCUT2D eigenvalue weighted by Gasteiger charge is -2.13. The van der Waals surface area contributed by atoms with Gasteiger partial charge in [-0.2, -0.15) is 0 Å². The second-order valence-corrected chi connectivity index (χ2v) is 5.58. The molecule has 3 aromatic rings. The van der Waals surface area contributed by atoms with Gasteiger partial charge in [0.1, 0.15) is 23.1 Å². The van der Waals surface area contributed by atoms with Gasteiger partial charge in [-0.25, -0.2) is 9.37 Å². The molecule has 0 spiro atoms. The van der Waals surface area contributed by atoms with Crippen LogP contribution in [0, 0.1) is 5.82 Å². The standard InChI is InChI=1S/C20H18FN3O3/c1-26-16-8-9-18(27-2)17(11-16)23-15-7-10-19(22-12-15)24-20(25)13-3-5-14(21)6-4-13/h3-12,23H,1-2H3,(H,22,24,25). The van der Waals surface area contributed by atoms with E-state index in [9.17, 15) is 9.18 Å². The zero-order valence-electron chi connectivity index (χ0n) is 14.8. The number of carbonyl (C=O) groups excluding carboxylic acids is 1. The van der Waals surface area contributed by atoms with Gasteiger partial charge >= 0.3 is 0 Å². The molecular weight excluding hydrogens is 349 g/mol. The maximum Gasteiger partial charge on any atom is 0.256 e. The van der Waals surface area contributed by atoms with Crippen LogP contribution in [-0.2, 0) is 0 Å². The first-order chi connectivity index (χ1) is 13.1. The van der Waals surface area contributed by atoms with Gasteiger partial charge in [0.15, 0.2) is 0 Å². The summed E-state index contributed by atoms with van der Waals surface area (Å²) in [7, 11) is 3.17. The molecule has 27 heavy (non-hydrogen) atoms. The van der Waals surface area contributed by atoms with Crippen molar-refractivity contribution >= 4 is 23.1 Å². The summed E-state index contributed by atoms with van der Waals surface area (Å²) in [6, 6.07) is 14.1. The number of amides is 1. The van der Waals surface area contributed by atoms with E-state index in [1.807, 2.05) is 6.07 Å². The van der Waals surface area contributed by atoms with E-state index >= 15 is 0 Å². The number of anilines is 3. The number of nitrogens with zero attached hydrogens (tertiary/aromatic N) is 1. The van der Waals surface area contributed by atoms with Crippen LogP contribution in [0.1, 0.15) is 10.4 Å². The van der Waals surface area contributed by atoms with Gasteiger partial charge in [0.25, 0.3) is 5.91 Å². The highest BCUT2D eigenvalue weighted by molar-refractivity contribution is 6.03. The Morgan fingerprint density at radius 2 is 1.78 bits per heavy atom. The first kappa shape index (κ1) is 18.2. The van der Waals surface area contributed by atoms with E-state index in [1.165, 1.54) is 24.3 Å². The molecular formula is C20H18FN3O3. The maximum atomic E-state index is 12.9. The van der Waals surface area contributed by atoms with E-state index in [0.29, 0.717) is 28.6 Å². The molecule has 0 saturated heterocycles. The Bertz CT molecular complexity index is 928. The molecule has 0 unspecified atom stereocenters. The molecule has 0 radical (unpaired) electrons. The van der Waals surface area contributed by atoms with Crippen LogP contribution < -0.4 is 20.1 Å². The van der Waals surface area contributed by atoms with Gasteiger partial charge in [-0.15, -0.1) is 0 Å². The lowest BCUT2D eigenvalue weighted by atomic mass is 10.2. The Labute approximate surface area is 156 Å². The number of nitrogens with one attached hydrogen (secondary N) is 2. The Balaban J connectivity index is 1.70. The molecule has 1 heterocycles. The molecule has 1 aromatic heterocycles. The van der Waals surface area contributed by atoms with Crippen molar-refractivity contribution in [1.29, 1.82) is 0 Å². The molecule has 0 fully saturated rings. The zero-order chi connectivity index (χ0) is 19.2. The van der Waals surface area contributed by atoms with E-state index in [2.05, 4.69) is 15.6 Å². The highest BCUT2D eigenvalue weighted by Gasteiger charge is 2.08. The summed E-state index contributed by atoms with van der Waals surface area (Å²) in [5.74, 6) is 0.970. The van der Waals surface area contributed by atoms with Crippen LogP contribution in [0.15, 0.2) is 60.8 Å². The molecule has 1 amide bonds. The minimum Gasteiger partial charge on any atom is -0.497 e. The third kappa shape index (κ3) is 4.52. The molecule has 0 atom stereocenters. The molecule has 2 aromatic carbocycles. The summed E-state index contributed by atoms with van der Waals surface area (Å²) in [4.78, 5) is 16.4. The van der Waals surface area contributed by atoms with Crippen LogP contribution in [0.3, 0.4) is 0 Å². The molecule has 0 saturated carbocycles. The largest absolute Gasteiger partial charge is 0.497 e. The van der Waals surface area contributed by atoms with Crippen LogP contribution in [-0.4, -0.2) is 25.1 Å². The summed E-state index contributed by atoms with van der Waals surface area (Å²) < 4.78 is 23.5. The van der Waals surface area contributed by atoms with Crippen molar-refractivity contribution in [3.63, 3.8) is 0 Å². The lowest BCUT2D eigenvalue weighted by molar-refractivity contribution is 0.102. The van der Waals surface area contributed by atoms with Gasteiger partial charge in [0.05, 0.1) is 31.8 Å². The van der Waals surface area contributed by atoms with Crippen molar-refractivity contribution in [2.24, 2.45) is 0 Å². The summed E-state index contributed by atoms with van der Waals surface area (Å²) in [5, 5.41) is 5.86. The van der Waals surface area contributed by atoms with Crippen LogP contribution in [0.5, 0.6) is 11.5 Å². The highest BCUT2D eigenvalue weighted by Crippen LogP contribution is 2.31. The SMILES string of the molecule is COc1ccc(OC)c(Nc2ccc(NC(=O)c3ccc(F)cc3)nc2)c1. The van der Waals surface area contributed by atoms with Gasteiger partial charge in [0.2, 0.25) is 0 Å². The third-order valence-corrected chi connectivity index (χ3v) is 3.80. The van der Waals surface area contributed by atoms with Gasteiger partial charge in [-0.1, -0.05) is 0 Å². The Morgan fingerprint density at radius 1 is 1.00 bits per heavy atom. The third-order valence-electron chi connectivity index (χ3n) is 3.80. The predicted molar refractivity (Wildman–Crippen MR) is 101 cm³/mol. The van der Waals surface area contributed by atoms with Gasteiger partial charge in [-0.3, -0.25) is 4.79 Å². The van der Waals surface area contributed by atoms with E-state index in [4.69, 9.17) is 9.47 Å². The fraction of sp³-hybridized carbons (Fsp3) is 0.100. The van der Waals surface area contributed by atoms with Crippen LogP contribution in [0.25, 0.3) is 0 Å². The van der Waals surface area contributed by atoms with Crippen molar-refractivity contribution in [3.8, 4) is 11.5 Å². The summed E-state index contributed by atoms with van der Waals surface area (Å²) >= 11 is 0. The van der Waals surface area contributed by atoms with E-state index in [1.54, 1.807) is 44.7 Å². The van der Waals surface area contributed by atoms with Crippen LogP contribution in [0.2, 0.25) is 0 Å². The molecule has 0 aliphatic carbocycles. The number of benzene rings is 2. The van der Waals surface area contributed by atoms with Crippen molar-refractivity contribution in [2.75, 3.05) is 24.9 Å². The van der Waals surface area contributed by atoms with Crippen LogP contribution in [0.4, 0.5) is 21.6 Å². The fourth-order valence-electron chi connectivity index (χ4n) is 2.40. The van der Waals surface area contributed by atoms with Gasteiger partial charge < -0.3 is 20.1 Å². The Hall–Kier alpha value is -3.61. The Morgan fingerprint density at radius 3 is 2.41 bits per heavy atom. The number of methoxy groups -OCH3 is 2. The highest BCUT2D eigenvalue weighted by atomic mass is 19.1. The normalized spacial score (nSPS) is 10.2. The van der Waals surface area contributed by atoms with Crippen molar-refractivity contribution in [2.45, 2.75) is 0 Å². The number of halogens is 1. The number of hydrogen-bond acceptors (Lipinski definition) is 5. The number of hydrogen-bond donors (Lipinski definition) is 2. The topological polar surface area (TPSA) is 72.5 Å². The van der Waals surface area contributed by atoms with Crippen molar-refractivity contribution in [3.05, 3.63) is 72.2 Å². The summed E-state index contributed by atoms with van der Waals surface area (Å²) in [6.45, 7) is 0.